The van der Waals surface area contributed by atoms with Crippen LogP contribution in [0.1, 0.15) is 16.8 Å². The van der Waals surface area contributed by atoms with Gasteiger partial charge in [0.15, 0.2) is 5.78 Å². The fourth-order valence-electron chi connectivity index (χ4n) is 2.13. The minimum atomic E-state index is -0.405. The molecule has 4 heteroatoms. The highest BCUT2D eigenvalue weighted by molar-refractivity contribution is 6.02. The second kappa shape index (κ2) is 4.22. The molecule has 1 unspecified atom stereocenters. The highest BCUT2D eigenvalue weighted by atomic mass is 19.1. The molecule has 0 saturated carbocycles. The number of anilines is 1. The predicted molar refractivity (Wildman–Crippen MR) is 60.7 cm³/mol. The van der Waals surface area contributed by atoms with Crippen LogP contribution < -0.4 is 5.73 Å². The van der Waals surface area contributed by atoms with Crippen LogP contribution >= 0.6 is 0 Å². The van der Waals surface area contributed by atoms with Gasteiger partial charge in [-0.1, -0.05) is 0 Å². The van der Waals surface area contributed by atoms with Gasteiger partial charge in [0, 0.05) is 23.7 Å². The summed E-state index contributed by atoms with van der Waals surface area (Å²) in [5.74, 6) is -0.378. The molecule has 0 spiro atoms. The number of nitrogen functional groups attached to an aromatic ring is 1. The van der Waals surface area contributed by atoms with E-state index < -0.39 is 5.82 Å². The minimum Gasteiger partial charge on any atom is -0.398 e. The standard InChI is InChI=1S/C12H15FN2O/c1-15-5-4-8(7-15)12(16)10-3-2-9(13)6-11(10)14/h2-3,6,8H,4-5,7,14H2,1H3. The summed E-state index contributed by atoms with van der Waals surface area (Å²) in [6, 6.07) is 3.96. The zero-order valence-corrected chi connectivity index (χ0v) is 9.24. The number of hydrogen-bond donors (Lipinski definition) is 1. The zero-order valence-electron chi connectivity index (χ0n) is 9.24. The molecule has 2 rings (SSSR count). The van der Waals surface area contributed by atoms with E-state index in [0.29, 0.717) is 5.56 Å². The van der Waals surface area contributed by atoms with Crippen LogP contribution in [0.2, 0.25) is 0 Å². The zero-order chi connectivity index (χ0) is 11.7. The summed E-state index contributed by atoms with van der Waals surface area (Å²) < 4.78 is 12.9. The van der Waals surface area contributed by atoms with Gasteiger partial charge in [0.25, 0.3) is 0 Å². The molecule has 2 N–H and O–H groups in total. The molecule has 16 heavy (non-hydrogen) atoms. The lowest BCUT2D eigenvalue weighted by Crippen LogP contribution is -2.20. The van der Waals surface area contributed by atoms with E-state index in [2.05, 4.69) is 4.90 Å². The third kappa shape index (κ3) is 2.07. The second-order valence-electron chi connectivity index (χ2n) is 4.34. The van der Waals surface area contributed by atoms with Crippen molar-refractivity contribution in [3.05, 3.63) is 29.6 Å². The van der Waals surface area contributed by atoms with Gasteiger partial charge in [-0.15, -0.1) is 0 Å². The Hall–Kier alpha value is -1.42. The van der Waals surface area contributed by atoms with Crippen molar-refractivity contribution in [3.63, 3.8) is 0 Å². The fourth-order valence-corrected chi connectivity index (χ4v) is 2.13. The van der Waals surface area contributed by atoms with Gasteiger partial charge < -0.3 is 10.6 Å². The number of ketones is 1. The Labute approximate surface area is 94.0 Å². The molecule has 1 aromatic rings. The van der Waals surface area contributed by atoms with Gasteiger partial charge in [-0.2, -0.15) is 0 Å². The Kier molecular flexibility index (Phi) is 2.92. The molecule has 1 aliphatic heterocycles. The number of Topliss-reactive ketones (excluding diaryl/α,β-unsaturated/α-hetero) is 1. The summed E-state index contributed by atoms with van der Waals surface area (Å²) in [7, 11) is 1.99. The summed E-state index contributed by atoms with van der Waals surface area (Å²) >= 11 is 0. The first-order chi connectivity index (χ1) is 7.58. The molecular formula is C12H15FN2O. The third-order valence-electron chi connectivity index (χ3n) is 3.04. The molecule has 1 aliphatic rings. The number of carbonyl (C=O) groups is 1. The van der Waals surface area contributed by atoms with Crippen molar-refractivity contribution in [3.8, 4) is 0 Å². The number of nitrogens with two attached hydrogens (primary N) is 1. The monoisotopic (exact) mass is 222 g/mol. The van der Waals surface area contributed by atoms with Crippen molar-refractivity contribution in [1.82, 2.24) is 4.90 Å². The Bertz CT molecular complexity index is 419. The van der Waals surface area contributed by atoms with Gasteiger partial charge in [-0.3, -0.25) is 4.79 Å². The number of benzene rings is 1. The van der Waals surface area contributed by atoms with E-state index in [-0.39, 0.29) is 17.4 Å². The highest BCUT2D eigenvalue weighted by Crippen LogP contribution is 2.23. The molecule has 86 valence electrons. The van der Waals surface area contributed by atoms with Crippen molar-refractivity contribution >= 4 is 11.5 Å². The molecule has 1 saturated heterocycles. The normalized spacial score (nSPS) is 21.2. The van der Waals surface area contributed by atoms with Crippen LogP contribution in [-0.4, -0.2) is 30.8 Å². The van der Waals surface area contributed by atoms with E-state index in [4.69, 9.17) is 5.73 Å². The van der Waals surface area contributed by atoms with Crippen LogP contribution in [0.25, 0.3) is 0 Å². The quantitative estimate of drug-likeness (QED) is 0.610. The molecule has 1 fully saturated rings. The molecule has 0 radical (unpaired) electrons. The second-order valence-corrected chi connectivity index (χ2v) is 4.34. The van der Waals surface area contributed by atoms with Crippen LogP contribution in [0.5, 0.6) is 0 Å². The predicted octanol–water partition coefficient (Wildman–Crippen LogP) is 1.54. The maximum absolute atomic E-state index is 12.9. The van der Waals surface area contributed by atoms with Gasteiger partial charge in [0.05, 0.1) is 0 Å². The Morgan fingerprint density at radius 1 is 1.56 bits per heavy atom. The van der Waals surface area contributed by atoms with E-state index >= 15 is 0 Å². The summed E-state index contributed by atoms with van der Waals surface area (Å²) in [5, 5.41) is 0. The van der Waals surface area contributed by atoms with E-state index in [0.717, 1.165) is 19.5 Å². The first kappa shape index (κ1) is 11.1. The largest absolute Gasteiger partial charge is 0.398 e. The lowest BCUT2D eigenvalue weighted by molar-refractivity contribution is 0.0925. The van der Waals surface area contributed by atoms with E-state index in [1.165, 1.54) is 18.2 Å². The Morgan fingerprint density at radius 3 is 2.88 bits per heavy atom. The van der Waals surface area contributed by atoms with Crippen LogP contribution in [0.15, 0.2) is 18.2 Å². The van der Waals surface area contributed by atoms with Crippen molar-refractivity contribution in [1.29, 1.82) is 0 Å². The summed E-state index contributed by atoms with van der Waals surface area (Å²) in [6.07, 6.45) is 0.853. The topological polar surface area (TPSA) is 46.3 Å². The van der Waals surface area contributed by atoms with E-state index in [9.17, 15) is 9.18 Å². The van der Waals surface area contributed by atoms with Crippen LogP contribution in [0.3, 0.4) is 0 Å². The van der Waals surface area contributed by atoms with Gasteiger partial charge in [0.2, 0.25) is 0 Å². The summed E-state index contributed by atoms with van der Waals surface area (Å²) in [4.78, 5) is 14.2. The van der Waals surface area contributed by atoms with Gasteiger partial charge >= 0.3 is 0 Å². The molecule has 1 heterocycles. The lowest BCUT2D eigenvalue weighted by atomic mass is 9.96. The number of carbonyl (C=O) groups excluding carboxylic acids is 1. The van der Waals surface area contributed by atoms with Gasteiger partial charge in [0.1, 0.15) is 5.82 Å². The Balaban J connectivity index is 2.21. The van der Waals surface area contributed by atoms with Gasteiger partial charge in [-0.25, -0.2) is 4.39 Å². The maximum atomic E-state index is 12.9. The number of halogens is 1. The van der Waals surface area contributed by atoms with Gasteiger partial charge in [-0.05, 0) is 38.2 Å². The summed E-state index contributed by atoms with van der Waals surface area (Å²) in [6.45, 7) is 1.69. The molecule has 3 nitrogen and oxygen atoms in total. The average Bonchev–Trinajstić information content (AvgIpc) is 2.64. The van der Waals surface area contributed by atoms with Crippen molar-refractivity contribution in [2.75, 3.05) is 25.9 Å². The van der Waals surface area contributed by atoms with Crippen molar-refractivity contribution < 1.29 is 9.18 Å². The van der Waals surface area contributed by atoms with Crippen LogP contribution in [0.4, 0.5) is 10.1 Å². The lowest BCUT2D eigenvalue weighted by Gasteiger charge is -2.11. The first-order valence-electron chi connectivity index (χ1n) is 5.35. The first-order valence-corrected chi connectivity index (χ1v) is 5.35. The molecular weight excluding hydrogens is 207 g/mol. The van der Waals surface area contributed by atoms with E-state index in [1.807, 2.05) is 7.05 Å². The van der Waals surface area contributed by atoms with Crippen LogP contribution in [0, 0.1) is 11.7 Å². The number of likely N-dealkylation sites (tertiary alicyclic amines) is 1. The Morgan fingerprint density at radius 2 is 2.31 bits per heavy atom. The van der Waals surface area contributed by atoms with Crippen molar-refractivity contribution in [2.45, 2.75) is 6.42 Å². The number of hydrogen-bond acceptors (Lipinski definition) is 3. The van der Waals surface area contributed by atoms with Crippen LogP contribution in [-0.2, 0) is 0 Å². The molecule has 1 aromatic carbocycles. The van der Waals surface area contributed by atoms with E-state index in [1.54, 1.807) is 0 Å². The molecule has 0 amide bonds. The third-order valence-corrected chi connectivity index (χ3v) is 3.04. The SMILES string of the molecule is CN1CCC(C(=O)c2ccc(F)cc2N)C1. The molecule has 0 aliphatic carbocycles. The number of nitrogens with zero attached hydrogens (tertiary/aromatic N) is 1. The molecule has 1 atom stereocenters. The highest BCUT2D eigenvalue weighted by Gasteiger charge is 2.27. The maximum Gasteiger partial charge on any atom is 0.169 e. The average molecular weight is 222 g/mol. The fraction of sp³-hybridized carbons (Fsp3) is 0.417. The minimum absolute atomic E-state index is 0.00207. The smallest absolute Gasteiger partial charge is 0.169 e. The number of rotatable bonds is 2. The molecule has 0 bridgehead atoms. The molecule has 0 aromatic heterocycles. The van der Waals surface area contributed by atoms with Crippen molar-refractivity contribution in [2.24, 2.45) is 5.92 Å². The summed E-state index contributed by atoms with van der Waals surface area (Å²) in [5.41, 5.74) is 6.33.